The zero-order valence-electron chi connectivity index (χ0n) is 16.1. The first-order valence-corrected chi connectivity index (χ1v) is 11.0. The monoisotopic (exact) mass is 435 g/mol. The highest BCUT2D eigenvalue weighted by Gasteiger charge is 2.36. The molecule has 3 rings (SSSR count). The minimum Gasteiger partial charge on any atom is -0.350 e. The second-order valence-electron chi connectivity index (χ2n) is 7.02. The van der Waals surface area contributed by atoms with E-state index in [-0.39, 0.29) is 35.4 Å². The number of carbonyl (C=O) groups is 2. The summed E-state index contributed by atoms with van der Waals surface area (Å²) in [5.41, 5.74) is 1.47. The number of anilines is 1. The number of hydrogen-bond donors (Lipinski definition) is 1. The lowest BCUT2D eigenvalue weighted by Gasteiger charge is -2.25. The van der Waals surface area contributed by atoms with Crippen molar-refractivity contribution in [2.24, 2.45) is 0 Å². The maximum absolute atomic E-state index is 12.7. The van der Waals surface area contributed by atoms with Gasteiger partial charge in [-0.2, -0.15) is 0 Å². The Morgan fingerprint density at radius 1 is 1.21 bits per heavy atom. The standard InChI is InChI=1S/C20H22ClN3O4S/c1-23(2)18(14-6-8-16(21)9-7-14)13-22-20(26)15-4-3-5-17(12-15)24-19(25)10-11-29(24,27)28/h3-9,12,18H,10-11,13H2,1-2H3,(H,22,26)/t18-/m0/s1. The van der Waals surface area contributed by atoms with Gasteiger partial charge in [-0.15, -0.1) is 0 Å². The van der Waals surface area contributed by atoms with Gasteiger partial charge in [0.1, 0.15) is 0 Å². The van der Waals surface area contributed by atoms with Crippen LogP contribution in [0.4, 0.5) is 5.69 Å². The number of halogens is 1. The van der Waals surface area contributed by atoms with Crippen LogP contribution in [-0.2, 0) is 14.8 Å². The van der Waals surface area contributed by atoms with E-state index in [0.717, 1.165) is 9.87 Å². The van der Waals surface area contributed by atoms with Crippen LogP contribution >= 0.6 is 11.6 Å². The Morgan fingerprint density at radius 3 is 2.48 bits per heavy atom. The Bertz CT molecular complexity index is 1020. The lowest BCUT2D eigenvalue weighted by atomic mass is 10.1. The fourth-order valence-electron chi connectivity index (χ4n) is 3.22. The van der Waals surface area contributed by atoms with Gasteiger partial charge in [-0.1, -0.05) is 29.8 Å². The van der Waals surface area contributed by atoms with Gasteiger partial charge in [-0.3, -0.25) is 9.59 Å². The minimum atomic E-state index is -3.67. The van der Waals surface area contributed by atoms with Crippen LogP contribution in [0.1, 0.15) is 28.4 Å². The van der Waals surface area contributed by atoms with Crippen LogP contribution in [0.3, 0.4) is 0 Å². The number of nitrogens with zero attached hydrogens (tertiary/aromatic N) is 2. The number of rotatable bonds is 6. The summed E-state index contributed by atoms with van der Waals surface area (Å²) in [6, 6.07) is 13.4. The van der Waals surface area contributed by atoms with E-state index in [4.69, 9.17) is 11.6 Å². The maximum atomic E-state index is 12.7. The van der Waals surface area contributed by atoms with Crippen molar-refractivity contribution in [1.29, 1.82) is 0 Å². The Morgan fingerprint density at radius 2 is 1.90 bits per heavy atom. The number of amides is 2. The average molecular weight is 436 g/mol. The molecule has 1 heterocycles. The Balaban J connectivity index is 1.75. The van der Waals surface area contributed by atoms with Crippen LogP contribution in [0.15, 0.2) is 48.5 Å². The van der Waals surface area contributed by atoms with E-state index >= 15 is 0 Å². The van der Waals surface area contributed by atoms with Crippen LogP contribution in [0.5, 0.6) is 0 Å². The molecule has 0 bridgehead atoms. The second kappa shape index (κ2) is 8.52. The van der Waals surface area contributed by atoms with Gasteiger partial charge in [-0.05, 0) is 50.0 Å². The van der Waals surface area contributed by atoms with Crippen LogP contribution < -0.4 is 9.62 Å². The number of likely N-dealkylation sites (N-methyl/N-ethyl adjacent to an activating group) is 1. The molecule has 7 nitrogen and oxygen atoms in total. The van der Waals surface area contributed by atoms with Gasteiger partial charge in [0, 0.05) is 23.6 Å². The van der Waals surface area contributed by atoms with Crippen molar-refractivity contribution in [3.8, 4) is 0 Å². The van der Waals surface area contributed by atoms with Gasteiger partial charge in [0.05, 0.1) is 17.5 Å². The summed E-state index contributed by atoms with van der Waals surface area (Å²) < 4.78 is 25.0. The quantitative estimate of drug-likeness (QED) is 0.753. The first kappa shape index (κ1) is 21.3. The third kappa shape index (κ3) is 4.77. The van der Waals surface area contributed by atoms with Crippen LogP contribution in [0.2, 0.25) is 5.02 Å². The highest BCUT2D eigenvalue weighted by molar-refractivity contribution is 7.94. The number of sulfonamides is 1. The van der Waals surface area contributed by atoms with Gasteiger partial charge in [0.25, 0.3) is 5.91 Å². The highest BCUT2D eigenvalue weighted by atomic mass is 35.5. The lowest BCUT2D eigenvalue weighted by molar-refractivity contribution is -0.116. The van der Waals surface area contributed by atoms with E-state index in [1.165, 1.54) is 12.1 Å². The van der Waals surface area contributed by atoms with Crippen molar-refractivity contribution in [2.45, 2.75) is 12.5 Å². The van der Waals surface area contributed by atoms with Gasteiger partial charge in [-0.25, -0.2) is 12.7 Å². The average Bonchev–Trinajstić information content (AvgIpc) is 2.95. The highest BCUT2D eigenvalue weighted by Crippen LogP contribution is 2.26. The molecule has 9 heteroatoms. The van der Waals surface area contributed by atoms with Crippen molar-refractivity contribution in [3.05, 3.63) is 64.7 Å². The zero-order valence-corrected chi connectivity index (χ0v) is 17.7. The summed E-state index contributed by atoms with van der Waals surface area (Å²) in [4.78, 5) is 26.6. The van der Waals surface area contributed by atoms with Crippen LogP contribution in [0, 0.1) is 0 Å². The summed E-state index contributed by atoms with van der Waals surface area (Å²) in [6.07, 6.45) is -0.0512. The topological polar surface area (TPSA) is 86.8 Å². The molecule has 1 N–H and O–H groups in total. The lowest BCUT2D eigenvalue weighted by Crippen LogP contribution is -2.34. The molecule has 1 aliphatic rings. The molecule has 1 aliphatic heterocycles. The number of benzene rings is 2. The predicted octanol–water partition coefficient (Wildman–Crippen LogP) is 2.44. The van der Waals surface area contributed by atoms with E-state index in [0.29, 0.717) is 11.6 Å². The molecule has 0 unspecified atom stereocenters. The molecule has 1 atom stereocenters. The second-order valence-corrected chi connectivity index (χ2v) is 9.39. The molecule has 2 aromatic rings. The minimum absolute atomic E-state index is 0.0512. The van der Waals surface area contributed by atoms with E-state index in [2.05, 4.69) is 5.32 Å². The van der Waals surface area contributed by atoms with Gasteiger partial charge >= 0.3 is 0 Å². The molecule has 1 saturated heterocycles. The normalized spacial score (nSPS) is 16.8. The van der Waals surface area contributed by atoms with Crippen molar-refractivity contribution < 1.29 is 18.0 Å². The first-order valence-electron chi connectivity index (χ1n) is 9.05. The molecular formula is C20H22ClN3O4S. The van der Waals surface area contributed by atoms with E-state index < -0.39 is 15.9 Å². The molecule has 0 aromatic heterocycles. The SMILES string of the molecule is CN(C)[C@@H](CNC(=O)c1cccc(N2C(=O)CCS2(=O)=O)c1)c1ccc(Cl)cc1. The Labute approximate surface area is 175 Å². The Kier molecular flexibility index (Phi) is 6.26. The molecule has 0 saturated carbocycles. The fraction of sp³-hybridized carbons (Fsp3) is 0.300. The van der Waals surface area contributed by atoms with Crippen LogP contribution in [0.25, 0.3) is 0 Å². The van der Waals surface area contributed by atoms with Crippen molar-refractivity contribution >= 4 is 39.1 Å². The summed E-state index contributed by atoms with van der Waals surface area (Å²) in [7, 11) is 0.152. The summed E-state index contributed by atoms with van der Waals surface area (Å²) in [6.45, 7) is 0.346. The molecular weight excluding hydrogens is 414 g/mol. The molecule has 1 fully saturated rings. The molecule has 29 heavy (non-hydrogen) atoms. The van der Waals surface area contributed by atoms with E-state index in [9.17, 15) is 18.0 Å². The number of carbonyl (C=O) groups excluding carboxylic acids is 2. The number of nitrogens with one attached hydrogen (secondary N) is 1. The van der Waals surface area contributed by atoms with E-state index in [1.807, 2.05) is 31.1 Å². The fourth-order valence-corrected chi connectivity index (χ4v) is 4.79. The molecule has 0 radical (unpaired) electrons. The summed E-state index contributed by atoms with van der Waals surface area (Å²) in [5.74, 6) is -1.05. The van der Waals surface area contributed by atoms with Crippen molar-refractivity contribution in [2.75, 3.05) is 30.7 Å². The Hall–Kier alpha value is -2.42. The predicted molar refractivity (Wildman–Crippen MR) is 113 cm³/mol. The summed E-state index contributed by atoms with van der Waals surface area (Å²) in [5, 5.41) is 3.51. The largest absolute Gasteiger partial charge is 0.350 e. The number of hydrogen-bond acceptors (Lipinski definition) is 5. The summed E-state index contributed by atoms with van der Waals surface area (Å²) >= 11 is 5.95. The molecule has 0 spiro atoms. The maximum Gasteiger partial charge on any atom is 0.251 e. The van der Waals surface area contributed by atoms with Gasteiger partial charge in [0.15, 0.2) is 0 Å². The third-order valence-corrected chi connectivity index (χ3v) is 6.70. The first-order chi connectivity index (χ1) is 13.7. The zero-order chi connectivity index (χ0) is 21.2. The molecule has 0 aliphatic carbocycles. The molecule has 154 valence electrons. The molecule has 2 amide bonds. The van der Waals surface area contributed by atoms with Crippen molar-refractivity contribution in [1.82, 2.24) is 10.2 Å². The van der Waals surface area contributed by atoms with Crippen LogP contribution in [-0.4, -0.2) is 51.5 Å². The van der Waals surface area contributed by atoms with Gasteiger partial charge in [0.2, 0.25) is 15.9 Å². The smallest absolute Gasteiger partial charge is 0.251 e. The van der Waals surface area contributed by atoms with Crippen molar-refractivity contribution in [3.63, 3.8) is 0 Å². The molecule has 2 aromatic carbocycles. The third-order valence-electron chi connectivity index (χ3n) is 4.76. The van der Waals surface area contributed by atoms with Gasteiger partial charge < -0.3 is 10.2 Å². The van der Waals surface area contributed by atoms with E-state index in [1.54, 1.807) is 24.3 Å².